The Bertz CT molecular complexity index is 1330. The Morgan fingerprint density at radius 3 is 1.88 bits per heavy atom. The van der Waals surface area contributed by atoms with Crippen LogP contribution in [0, 0.1) is 5.92 Å². The number of benzene rings is 1. The van der Waals surface area contributed by atoms with Crippen LogP contribution in [0.5, 0.6) is 0 Å². The summed E-state index contributed by atoms with van der Waals surface area (Å²) in [6.07, 6.45) is -1.77. The Balaban J connectivity index is 3.22. The number of nitrogens with two attached hydrogens (primary N) is 1. The number of carboxylic acid groups (broad SMARTS) is 2. The van der Waals surface area contributed by atoms with E-state index in [0.717, 1.165) is 0 Å². The van der Waals surface area contributed by atoms with Crippen LogP contribution in [-0.4, -0.2) is 112 Å². The Morgan fingerprint density at radius 1 is 0.714 bits per heavy atom. The highest BCUT2D eigenvalue weighted by Gasteiger charge is 2.33. The van der Waals surface area contributed by atoms with Crippen molar-refractivity contribution in [2.24, 2.45) is 11.7 Å². The van der Waals surface area contributed by atoms with Crippen molar-refractivity contribution in [3.8, 4) is 0 Å². The van der Waals surface area contributed by atoms with E-state index < -0.39 is 109 Å². The van der Waals surface area contributed by atoms with Gasteiger partial charge < -0.3 is 53.0 Å². The third kappa shape index (κ3) is 15.6. The summed E-state index contributed by atoms with van der Waals surface area (Å²) in [5, 5.41) is 41.7. The average molecular weight is 694 g/mol. The van der Waals surface area contributed by atoms with Gasteiger partial charge in [-0.15, -0.1) is 0 Å². The van der Waals surface area contributed by atoms with Crippen LogP contribution in [0.2, 0.25) is 0 Å². The van der Waals surface area contributed by atoms with Crippen LogP contribution in [-0.2, 0) is 44.8 Å². The summed E-state index contributed by atoms with van der Waals surface area (Å²) in [6.45, 7) is 4.77. The summed E-state index contributed by atoms with van der Waals surface area (Å²) in [5.41, 5.74) is 6.24. The molecule has 1 rings (SSSR count). The van der Waals surface area contributed by atoms with Crippen molar-refractivity contribution in [2.75, 3.05) is 13.1 Å². The van der Waals surface area contributed by atoms with Gasteiger partial charge in [-0.05, 0) is 31.7 Å². The molecule has 0 aliphatic rings. The zero-order chi connectivity index (χ0) is 37.3. The van der Waals surface area contributed by atoms with Gasteiger partial charge in [0.1, 0.15) is 36.8 Å². The predicted octanol–water partition coefficient (Wildman–Crippen LogP) is -2.88. The molecule has 0 aromatic heterocycles. The summed E-state index contributed by atoms with van der Waals surface area (Å²) in [7, 11) is 0. The first kappa shape index (κ1) is 41.9. The van der Waals surface area contributed by atoms with Gasteiger partial charge in [0.2, 0.25) is 35.4 Å². The van der Waals surface area contributed by atoms with Gasteiger partial charge in [-0.1, -0.05) is 50.6 Å². The first-order valence-corrected chi connectivity index (χ1v) is 15.6. The van der Waals surface area contributed by atoms with Crippen LogP contribution in [0.15, 0.2) is 30.3 Å². The fourth-order valence-electron chi connectivity index (χ4n) is 4.23. The molecule has 0 spiro atoms. The average Bonchev–Trinajstić information content (AvgIpc) is 3.05. The fraction of sp³-hybridized carbons (Fsp3) is 0.548. The van der Waals surface area contributed by atoms with E-state index in [1.165, 1.54) is 13.8 Å². The van der Waals surface area contributed by atoms with E-state index in [4.69, 9.17) is 10.8 Å². The van der Waals surface area contributed by atoms with E-state index in [1.54, 1.807) is 44.2 Å². The molecule has 0 aliphatic carbocycles. The van der Waals surface area contributed by atoms with E-state index in [1.807, 2.05) is 5.32 Å². The molecule has 49 heavy (non-hydrogen) atoms. The number of aliphatic hydroxyl groups excluding tert-OH is 1. The molecular formula is C31H47N7O11. The van der Waals surface area contributed by atoms with Crippen LogP contribution in [0.1, 0.15) is 52.5 Å². The van der Waals surface area contributed by atoms with E-state index in [9.17, 15) is 48.6 Å². The molecule has 18 heteroatoms. The fourth-order valence-corrected chi connectivity index (χ4v) is 4.23. The molecule has 1 aromatic carbocycles. The molecule has 7 atom stereocenters. The number of aliphatic hydroxyl groups is 1. The molecule has 11 N–H and O–H groups in total. The number of hydrogen-bond acceptors (Lipinski definition) is 10. The molecule has 18 nitrogen and oxygen atoms in total. The van der Waals surface area contributed by atoms with Gasteiger partial charge in [0.25, 0.3) is 0 Å². The molecule has 0 fully saturated rings. The monoisotopic (exact) mass is 693 g/mol. The minimum absolute atomic E-state index is 0.0753. The van der Waals surface area contributed by atoms with Crippen molar-refractivity contribution in [3.63, 3.8) is 0 Å². The number of carbonyl (C=O) groups excluding carboxylic acids is 6. The SMILES string of the molecule is CC[C@H](C)[C@H](NC(=O)[C@H](C)NC(=O)[C@@H](N)[C@@H](C)O)C(=O)N[C@@H](Cc1ccccc1)C(=O)N[C@@H](CCC(=O)O)C(=O)NCC(=O)NCC(=O)O. The third-order valence-electron chi connectivity index (χ3n) is 7.42. The maximum atomic E-state index is 13.7. The second-order valence-electron chi connectivity index (χ2n) is 11.5. The molecule has 6 amide bonds. The lowest BCUT2D eigenvalue weighted by molar-refractivity contribution is -0.138. The molecule has 0 aliphatic heterocycles. The van der Waals surface area contributed by atoms with Crippen molar-refractivity contribution in [2.45, 2.75) is 89.7 Å². The van der Waals surface area contributed by atoms with Gasteiger partial charge in [0.05, 0.1) is 12.6 Å². The van der Waals surface area contributed by atoms with Crippen LogP contribution >= 0.6 is 0 Å². The highest BCUT2D eigenvalue weighted by Crippen LogP contribution is 2.11. The lowest BCUT2D eigenvalue weighted by Crippen LogP contribution is -2.60. The van der Waals surface area contributed by atoms with E-state index in [-0.39, 0.29) is 12.8 Å². The van der Waals surface area contributed by atoms with Crippen LogP contribution in [0.3, 0.4) is 0 Å². The van der Waals surface area contributed by atoms with Crippen LogP contribution in [0.4, 0.5) is 0 Å². The molecule has 0 radical (unpaired) electrons. The van der Waals surface area contributed by atoms with Crippen molar-refractivity contribution in [3.05, 3.63) is 35.9 Å². The smallest absolute Gasteiger partial charge is 0.322 e. The summed E-state index contributed by atoms with van der Waals surface area (Å²) in [6, 6.07) is 2.07. The van der Waals surface area contributed by atoms with Crippen molar-refractivity contribution in [1.82, 2.24) is 31.9 Å². The normalized spacial score (nSPS) is 15.1. The summed E-state index contributed by atoms with van der Waals surface area (Å²) in [5.74, 6) is -7.99. The maximum absolute atomic E-state index is 13.7. The number of nitrogens with one attached hydrogen (secondary N) is 6. The number of amides is 6. The van der Waals surface area contributed by atoms with Gasteiger partial charge >= 0.3 is 11.9 Å². The minimum Gasteiger partial charge on any atom is -0.481 e. The summed E-state index contributed by atoms with van der Waals surface area (Å²) >= 11 is 0. The van der Waals surface area contributed by atoms with Crippen molar-refractivity contribution in [1.29, 1.82) is 0 Å². The van der Waals surface area contributed by atoms with E-state index in [0.29, 0.717) is 12.0 Å². The lowest BCUT2D eigenvalue weighted by Gasteiger charge is -2.28. The predicted molar refractivity (Wildman–Crippen MR) is 173 cm³/mol. The maximum Gasteiger partial charge on any atom is 0.322 e. The summed E-state index contributed by atoms with van der Waals surface area (Å²) in [4.78, 5) is 99.3. The topological polar surface area (TPSA) is 295 Å². The highest BCUT2D eigenvalue weighted by atomic mass is 16.4. The molecule has 0 heterocycles. The Kier molecular flexibility index (Phi) is 18.0. The molecular weight excluding hydrogens is 646 g/mol. The van der Waals surface area contributed by atoms with Crippen molar-refractivity contribution < 1.29 is 53.7 Å². The van der Waals surface area contributed by atoms with Crippen LogP contribution in [0.25, 0.3) is 0 Å². The second-order valence-corrected chi connectivity index (χ2v) is 11.5. The zero-order valence-corrected chi connectivity index (χ0v) is 27.9. The number of carbonyl (C=O) groups is 8. The van der Waals surface area contributed by atoms with Gasteiger partial charge in [-0.25, -0.2) is 0 Å². The Hall–Kier alpha value is -5.10. The molecule has 0 bridgehead atoms. The molecule has 1 aromatic rings. The first-order valence-electron chi connectivity index (χ1n) is 15.6. The molecule has 272 valence electrons. The van der Waals surface area contributed by atoms with Gasteiger partial charge in [0, 0.05) is 12.8 Å². The molecule has 0 saturated heterocycles. The standard InChI is InChI=1S/C31H47N7O11/c1-5-16(2)26(38-27(45)17(3)35-30(48)25(32)18(4)39)31(49)37-21(13-19-9-7-6-8-10-19)29(47)36-20(11-12-23(41)42)28(46)34-14-22(40)33-15-24(43)44/h6-10,16-18,20-21,25-26,39H,5,11-15,32H2,1-4H3,(H,33,40)(H,34,46)(H,35,48)(H,36,47)(H,37,49)(H,38,45)(H,41,42)(H,43,44)/t16-,17-,18+,20-,21-,25-,26-/m0/s1. The van der Waals surface area contributed by atoms with Gasteiger partial charge in [-0.3, -0.25) is 38.4 Å². The highest BCUT2D eigenvalue weighted by molar-refractivity contribution is 5.96. The minimum atomic E-state index is -1.46. The molecule has 0 unspecified atom stereocenters. The number of aliphatic carboxylic acids is 2. The van der Waals surface area contributed by atoms with E-state index >= 15 is 0 Å². The van der Waals surface area contributed by atoms with Gasteiger partial charge in [-0.2, -0.15) is 0 Å². The zero-order valence-electron chi connectivity index (χ0n) is 27.9. The quantitative estimate of drug-likeness (QED) is 0.0621. The number of carboxylic acids is 2. The largest absolute Gasteiger partial charge is 0.481 e. The third-order valence-corrected chi connectivity index (χ3v) is 7.42. The van der Waals surface area contributed by atoms with Crippen molar-refractivity contribution >= 4 is 47.4 Å². The van der Waals surface area contributed by atoms with E-state index in [2.05, 4.69) is 26.6 Å². The van der Waals surface area contributed by atoms with Gasteiger partial charge in [0.15, 0.2) is 0 Å². The lowest BCUT2D eigenvalue weighted by atomic mass is 9.96. The molecule has 0 saturated carbocycles. The second kappa shape index (κ2) is 21.0. The summed E-state index contributed by atoms with van der Waals surface area (Å²) < 4.78 is 0. The van der Waals surface area contributed by atoms with Crippen LogP contribution < -0.4 is 37.6 Å². The Morgan fingerprint density at radius 2 is 1.33 bits per heavy atom. The number of hydrogen-bond donors (Lipinski definition) is 10. The first-order chi connectivity index (χ1) is 23.0. The number of rotatable bonds is 21. The Labute approximate surface area is 283 Å².